The van der Waals surface area contributed by atoms with Crippen LogP contribution in [0.15, 0.2) is 78.9 Å². The second-order valence-corrected chi connectivity index (χ2v) is 12.6. The number of amides is 2. The zero-order chi connectivity index (χ0) is 29.9. The van der Waals surface area contributed by atoms with Crippen LogP contribution in [0.5, 0.6) is 0 Å². The number of carboxylic acid groups (broad SMARTS) is 1. The van der Waals surface area contributed by atoms with Gasteiger partial charge in [-0.3, -0.25) is 14.5 Å². The third-order valence-electron chi connectivity index (χ3n) is 7.97. The van der Waals surface area contributed by atoms with Gasteiger partial charge in [-0.05, 0) is 39.7 Å². The summed E-state index contributed by atoms with van der Waals surface area (Å²) in [6.45, 7) is 7.23. The molecule has 0 spiro atoms. The monoisotopic (exact) mass is 569 g/mol. The van der Waals surface area contributed by atoms with Crippen molar-refractivity contribution in [3.05, 3.63) is 95.6 Å². The number of nitrogens with one attached hydrogen (secondary N) is 1. The van der Waals surface area contributed by atoms with Crippen LogP contribution in [0.3, 0.4) is 0 Å². The van der Waals surface area contributed by atoms with Gasteiger partial charge in [0.15, 0.2) is 0 Å². The van der Waals surface area contributed by atoms with Gasteiger partial charge < -0.3 is 20.1 Å². The van der Waals surface area contributed by atoms with Gasteiger partial charge >= 0.3 is 12.1 Å². The summed E-state index contributed by atoms with van der Waals surface area (Å²) in [5.41, 5.74) is 3.92. The highest BCUT2D eigenvalue weighted by atomic mass is 16.5. The van der Waals surface area contributed by atoms with Gasteiger partial charge in [0.2, 0.25) is 5.91 Å². The van der Waals surface area contributed by atoms with E-state index in [0.29, 0.717) is 19.5 Å². The summed E-state index contributed by atoms with van der Waals surface area (Å²) in [6, 6.07) is 26.2. The molecular formula is C34H39N3O5. The summed E-state index contributed by atoms with van der Waals surface area (Å²) in [4.78, 5) is 42.9. The van der Waals surface area contributed by atoms with Crippen molar-refractivity contribution < 1.29 is 24.2 Å². The van der Waals surface area contributed by atoms with Crippen molar-refractivity contribution in [3.63, 3.8) is 0 Å². The molecule has 2 aliphatic rings. The number of alkyl carbamates (subject to hydrolysis) is 1. The minimum absolute atomic E-state index is 0.114. The first-order valence-electron chi connectivity index (χ1n) is 14.5. The van der Waals surface area contributed by atoms with Crippen LogP contribution >= 0.6 is 0 Å². The third kappa shape index (κ3) is 6.49. The van der Waals surface area contributed by atoms with Gasteiger partial charge in [-0.15, -0.1) is 0 Å². The first-order valence-corrected chi connectivity index (χ1v) is 14.5. The molecule has 8 heteroatoms. The molecule has 0 radical (unpaired) electrons. The van der Waals surface area contributed by atoms with Crippen LogP contribution < -0.4 is 5.32 Å². The second kappa shape index (κ2) is 12.0. The number of carbonyl (C=O) groups is 3. The van der Waals surface area contributed by atoms with E-state index in [4.69, 9.17) is 4.74 Å². The lowest BCUT2D eigenvalue weighted by molar-refractivity contribution is -0.148. The van der Waals surface area contributed by atoms with Crippen LogP contribution in [0.25, 0.3) is 11.1 Å². The Morgan fingerprint density at radius 2 is 1.55 bits per heavy atom. The lowest BCUT2D eigenvalue weighted by Gasteiger charge is -2.37. The van der Waals surface area contributed by atoms with Crippen LogP contribution in [-0.2, 0) is 20.9 Å². The SMILES string of the molecule is CC(C)(C)CN(CC(=O)O)C(=O)C1(NC(=O)OCC2c3ccccc3-c3ccccc32)CCN(Cc2ccccc2)C1. The quantitative estimate of drug-likeness (QED) is 0.371. The van der Waals surface area contributed by atoms with Crippen molar-refractivity contribution in [1.82, 2.24) is 15.1 Å². The zero-order valence-corrected chi connectivity index (χ0v) is 24.5. The van der Waals surface area contributed by atoms with Gasteiger partial charge in [-0.2, -0.15) is 0 Å². The number of rotatable bonds is 9. The molecule has 42 heavy (non-hydrogen) atoms. The molecule has 1 fully saturated rings. The maximum Gasteiger partial charge on any atom is 0.408 e. The molecule has 1 saturated heterocycles. The molecule has 1 atom stereocenters. The average Bonchev–Trinajstić information content (AvgIpc) is 3.50. The van der Waals surface area contributed by atoms with E-state index < -0.39 is 30.1 Å². The van der Waals surface area contributed by atoms with Gasteiger partial charge in [0.1, 0.15) is 18.7 Å². The van der Waals surface area contributed by atoms with E-state index in [-0.39, 0.29) is 31.0 Å². The molecule has 8 nitrogen and oxygen atoms in total. The average molecular weight is 570 g/mol. The molecule has 2 amide bonds. The molecular weight excluding hydrogens is 530 g/mol. The molecule has 1 heterocycles. The number of likely N-dealkylation sites (tertiary alicyclic amines) is 1. The highest BCUT2D eigenvalue weighted by Crippen LogP contribution is 2.44. The van der Waals surface area contributed by atoms with Gasteiger partial charge in [0, 0.05) is 32.1 Å². The predicted octanol–water partition coefficient (Wildman–Crippen LogP) is 5.13. The Hall–Kier alpha value is -4.17. The Kier molecular flexibility index (Phi) is 8.36. The zero-order valence-electron chi connectivity index (χ0n) is 24.5. The topological polar surface area (TPSA) is 99.2 Å². The smallest absolute Gasteiger partial charge is 0.408 e. The highest BCUT2D eigenvalue weighted by Gasteiger charge is 2.49. The Morgan fingerprint density at radius 3 is 2.14 bits per heavy atom. The van der Waals surface area contributed by atoms with E-state index in [0.717, 1.165) is 27.8 Å². The fraction of sp³-hybridized carbons (Fsp3) is 0.382. The Morgan fingerprint density at radius 1 is 0.952 bits per heavy atom. The van der Waals surface area contributed by atoms with E-state index >= 15 is 0 Å². The van der Waals surface area contributed by atoms with Crippen molar-refractivity contribution in [3.8, 4) is 11.1 Å². The van der Waals surface area contributed by atoms with E-state index in [1.54, 1.807) is 0 Å². The molecule has 3 aromatic rings. The molecule has 1 unspecified atom stereocenters. The van der Waals surface area contributed by atoms with Crippen LogP contribution in [0.2, 0.25) is 0 Å². The molecule has 0 aromatic heterocycles. The minimum Gasteiger partial charge on any atom is -0.480 e. The van der Waals surface area contributed by atoms with Gasteiger partial charge in [-0.25, -0.2) is 4.79 Å². The molecule has 2 N–H and O–H groups in total. The third-order valence-corrected chi connectivity index (χ3v) is 7.97. The molecule has 0 bridgehead atoms. The molecule has 0 saturated carbocycles. The Balaban J connectivity index is 1.36. The largest absolute Gasteiger partial charge is 0.480 e. The van der Waals surface area contributed by atoms with Crippen LogP contribution in [0.1, 0.15) is 49.8 Å². The first-order chi connectivity index (χ1) is 20.0. The number of nitrogens with zero attached hydrogens (tertiary/aromatic N) is 2. The molecule has 1 aliphatic heterocycles. The van der Waals surface area contributed by atoms with Crippen molar-refractivity contribution in [2.24, 2.45) is 5.41 Å². The number of aliphatic carboxylic acids is 1. The van der Waals surface area contributed by atoms with Gasteiger partial charge in [0.05, 0.1) is 0 Å². The lowest BCUT2D eigenvalue weighted by atomic mass is 9.92. The summed E-state index contributed by atoms with van der Waals surface area (Å²) < 4.78 is 5.84. The minimum atomic E-state index is -1.31. The summed E-state index contributed by atoms with van der Waals surface area (Å²) in [5, 5.41) is 12.6. The fourth-order valence-corrected chi connectivity index (χ4v) is 6.26. The van der Waals surface area contributed by atoms with E-state index in [2.05, 4.69) is 34.5 Å². The summed E-state index contributed by atoms with van der Waals surface area (Å²) in [7, 11) is 0. The van der Waals surface area contributed by atoms with Gasteiger partial charge in [0.25, 0.3) is 0 Å². The summed E-state index contributed by atoms with van der Waals surface area (Å²) >= 11 is 0. The highest BCUT2D eigenvalue weighted by molar-refractivity contribution is 5.92. The number of carbonyl (C=O) groups excluding carboxylic acids is 2. The summed E-state index contributed by atoms with van der Waals surface area (Å²) in [5.74, 6) is -1.61. The lowest BCUT2D eigenvalue weighted by Crippen LogP contribution is -2.62. The Bertz CT molecular complexity index is 1410. The number of ether oxygens (including phenoxy) is 1. The number of benzene rings is 3. The van der Waals surface area contributed by atoms with Crippen molar-refractivity contribution >= 4 is 18.0 Å². The number of carboxylic acids is 1. The maximum absolute atomic E-state index is 14.2. The van der Waals surface area contributed by atoms with Crippen molar-refractivity contribution in [2.45, 2.75) is 45.2 Å². The molecule has 5 rings (SSSR count). The van der Waals surface area contributed by atoms with Crippen LogP contribution in [0, 0.1) is 5.41 Å². The maximum atomic E-state index is 14.2. The number of hydrogen-bond acceptors (Lipinski definition) is 5. The molecule has 1 aliphatic carbocycles. The molecule has 3 aromatic carbocycles. The van der Waals surface area contributed by atoms with E-state index in [1.807, 2.05) is 75.4 Å². The summed E-state index contributed by atoms with van der Waals surface area (Å²) in [6.07, 6.45) is -0.332. The second-order valence-electron chi connectivity index (χ2n) is 12.6. The molecule has 220 valence electrons. The predicted molar refractivity (Wildman–Crippen MR) is 161 cm³/mol. The van der Waals surface area contributed by atoms with Crippen LogP contribution in [-0.4, -0.2) is 71.2 Å². The van der Waals surface area contributed by atoms with Crippen molar-refractivity contribution in [2.75, 3.05) is 32.8 Å². The number of hydrogen-bond donors (Lipinski definition) is 2. The van der Waals surface area contributed by atoms with Crippen LogP contribution in [0.4, 0.5) is 4.79 Å². The standard InChI is InChI=1S/C34H39N3O5/c1-33(2,3)22-37(20-30(38)39)31(40)34(17-18-36(23-34)19-24-11-5-4-6-12-24)35-32(41)42-21-29-27-15-9-7-13-25(27)26-14-8-10-16-28(26)29/h4-16,29H,17-23H2,1-3H3,(H,35,41)(H,38,39). The van der Waals surface area contributed by atoms with E-state index in [9.17, 15) is 19.5 Å². The normalized spacial score (nSPS) is 18.3. The Labute approximate surface area is 247 Å². The fourth-order valence-electron chi connectivity index (χ4n) is 6.26. The van der Waals surface area contributed by atoms with Crippen molar-refractivity contribution in [1.29, 1.82) is 0 Å². The first kappa shape index (κ1) is 29.3. The van der Waals surface area contributed by atoms with E-state index in [1.165, 1.54) is 4.90 Å². The number of fused-ring (bicyclic) bond motifs is 3. The van der Waals surface area contributed by atoms with Gasteiger partial charge in [-0.1, -0.05) is 99.6 Å².